The van der Waals surface area contributed by atoms with E-state index < -0.39 is 29.7 Å². The smallest absolute Gasteiger partial charge is 0.265 e. The van der Waals surface area contributed by atoms with Crippen molar-refractivity contribution in [1.82, 2.24) is 14.9 Å². The van der Waals surface area contributed by atoms with E-state index in [1.807, 2.05) is 0 Å². The summed E-state index contributed by atoms with van der Waals surface area (Å²) >= 11 is 5.95. The molecule has 166 valence electrons. The van der Waals surface area contributed by atoms with E-state index in [2.05, 4.69) is 16.9 Å². The summed E-state index contributed by atoms with van der Waals surface area (Å²) in [4.78, 5) is 16.8. The van der Waals surface area contributed by atoms with Gasteiger partial charge in [-0.2, -0.15) is 0 Å². The maximum atomic E-state index is 13.4. The third-order valence-corrected chi connectivity index (χ3v) is 5.39. The first-order valence-corrected chi connectivity index (χ1v) is 10.3. The van der Waals surface area contributed by atoms with Crippen molar-refractivity contribution in [2.75, 3.05) is 0 Å². The number of aromatic nitrogens is 2. The summed E-state index contributed by atoms with van der Waals surface area (Å²) in [6, 6.07) is 8.47. The van der Waals surface area contributed by atoms with Crippen molar-refractivity contribution in [3.8, 4) is 17.0 Å². The number of carbonyl (C=O) groups is 1. The molecule has 0 saturated carbocycles. The zero-order valence-electron chi connectivity index (χ0n) is 16.9. The molecular weight excluding hydrogens is 440 g/mol. The van der Waals surface area contributed by atoms with Crippen LogP contribution < -0.4 is 10.1 Å². The summed E-state index contributed by atoms with van der Waals surface area (Å²) in [5.41, 5.74) is 1.99. The lowest BCUT2D eigenvalue weighted by Gasteiger charge is -2.29. The highest BCUT2D eigenvalue weighted by Crippen LogP contribution is 2.36. The summed E-state index contributed by atoms with van der Waals surface area (Å²) in [6.07, 6.45) is 2.07. The Balaban J connectivity index is 1.31. The number of hydrogen-bond donors (Lipinski definition) is 2. The minimum atomic E-state index is -0.936. The van der Waals surface area contributed by atoms with Gasteiger partial charge in [0.05, 0.1) is 18.1 Å². The highest BCUT2D eigenvalue weighted by atomic mass is 35.5. The van der Waals surface area contributed by atoms with E-state index in [0.717, 1.165) is 12.1 Å². The summed E-state index contributed by atoms with van der Waals surface area (Å²) in [5.74, 6) is -1.83. The number of aliphatic hydroxyl groups excluding tert-OH is 1. The number of amides is 1. The first kappa shape index (κ1) is 22.0. The predicted molar refractivity (Wildman–Crippen MR) is 115 cm³/mol. The van der Waals surface area contributed by atoms with Gasteiger partial charge >= 0.3 is 0 Å². The van der Waals surface area contributed by atoms with Gasteiger partial charge < -0.3 is 19.7 Å². The molecule has 1 amide bonds. The second kappa shape index (κ2) is 9.10. The zero-order chi connectivity index (χ0) is 22.8. The lowest BCUT2D eigenvalue weighted by Crippen LogP contribution is -2.41. The first-order valence-electron chi connectivity index (χ1n) is 9.90. The predicted octanol–water partition coefficient (Wildman–Crippen LogP) is 4.39. The molecule has 0 saturated heterocycles. The Bertz CT molecular complexity index is 1180. The Hall–Kier alpha value is -3.23. The van der Waals surface area contributed by atoms with Gasteiger partial charge in [-0.25, -0.2) is 13.8 Å². The molecule has 1 aliphatic rings. The molecule has 0 aliphatic carbocycles. The largest absolute Gasteiger partial charge is 0.480 e. The molecular formula is C23H20ClF2N3O3. The molecule has 0 spiro atoms. The fourth-order valence-electron chi connectivity index (χ4n) is 3.45. The second-order valence-electron chi connectivity index (χ2n) is 7.51. The molecule has 2 N–H and O–H groups in total. The van der Waals surface area contributed by atoms with Crippen LogP contribution in [0.4, 0.5) is 8.78 Å². The Morgan fingerprint density at radius 3 is 2.88 bits per heavy atom. The SMILES string of the molecule is C=C(CCn1cnc(-c2ccc(F)c(F)c2)c1)NC(=O)[C@H]1C[C@@H](O)c2cc(Cl)ccc2O1. The van der Waals surface area contributed by atoms with Gasteiger partial charge in [-0.05, 0) is 36.4 Å². The van der Waals surface area contributed by atoms with Gasteiger partial charge in [0, 0.05) is 47.4 Å². The Kier molecular flexibility index (Phi) is 6.25. The molecule has 0 fully saturated rings. The lowest BCUT2D eigenvalue weighted by atomic mass is 9.98. The number of allylic oxidation sites excluding steroid dienone is 1. The molecule has 1 aromatic heterocycles. The van der Waals surface area contributed by atoms with E-state index in [4.69, 9.17) is 16.3 Å². The average Bonchev–Trinajstić information content (AvgIpc) is 3.23. The number of nitrogens with zero attached hydrogens (tertiary/aromatic N) is 2. The van der Waals surface area contributed by atoms with E-state index in [1.54, 1.807) is 35.3 Å². The number of aliphatic hydroxyl groups is 1. The van der Waals surface area contributed by atoms with Gasteiger partial charge in [-0.15, -0.1) is 0 Å². The van der Waals surface area contributed by atoms with Crippen molar-refractivity contribution in [3.63, 3.8) is 0 Å². The van der Waals surface area contributed by atoms with Gasteiger partial charge in [-0.3, -0.25) is 4.79 Å². The summed E-state index contributed by atoms with van der Waals surface area (Å²) in [7, 11) is 0. The van der Waals surface area contributed by atoms with Crippen LogP contribution in [0.3, 0.4) is 0 Å². The van der Waals surface area contributed by atoms with Crippen molar-refractivity contribution in [2.24, 2.45) is 0 Å². The number of benzene rings is 2. The van der Waals surface area contributed by atoms with Crippen LogP contribution in [0, 0.1) is 11.6 Å². The second-order valence-corrected chi connectivity index (χ2v) is 7.95. The molecule has 0 bridgehead atoms. The average molecular weight is 460 g/mol. The van der Waals surface area contributed by atoms with Crippen LogP contribution in [0.2, 0.25) is 5.02 Å². The molecule has 1 aliphatic heterocycles. The minimum absolute atomic E-state index is 0.103. The van der Waals surface area contributed by atoms with Gasteiger partial charge in [0.1, 0.15) is 5.75 Å². The number of hydrogen-bond acceptors (Lipinski definition) is 4. The van der Waals surface area contributed by atoms with Crippen molar-refractivity contribution >= 4 is 17.5 Å². The highest BCUT2D eigenvalue weighted by Gasteiger charge is 2.32. The van der Waals surface area contributed by atoms with Crippen LogP contribution in [0.5, 0.6) is 5.75 Å². The normalized spacial score (nSPS) is 17.4. The van der Waals surface area contributed by atoms with E-state index in [0.29, 0.717) is 46.3 Å². The van der Waals surface area contributed by atoms with Gasteiger partial charge in [-0.1, -0.05) is 18.2 Å². The maximum Gasteiger partial charge on any atom is 0.265 e. The van der Waals surface area contributed by atoms with Gasteiger partial charge in [0.15, 0.2) is 17.7 Å². The monoisotopic (exact) mass is 459 g/mol. The fraction of sp³-hybridized carbons (Fsp3) is 0.217. The number of halogens is 3. The number of aryl methyl sites for hydroxylation is 1. The van der Waals surface area contributed by atoms with E-state index in [9.17, 15) is 18.7 Å². The number of fused-ring (bicyclic) bond motifs is 1. The molecule has 6 nitrogen and oxygen atoms in total. The lowest BCUT2D eigenvalue weighted by molar-refractivity contribution is -0.129. The van der Waals surface area contributed by atoms with Crippen LogP contribution in [-0.2, 0) is 11.3 Å². The van der Waals surface area contributed by atoms with Crippen LogP contribution >= 0.6 is 11.6 Å². The third-order valence-electron chi connectivity index (χ3n) is 5.15. The third kappa shape index (κ3) is 4.81. The number of ether oxygens (including phenoxy) is 1. The van der Waals surface area contributed by atoms with Gasteiger partial charge in [0.25, 0.3) is 5.91 Å². The molecule has 2 heterocycles. The molecule has 4 rings (SSSR count). The summed E-state index contributed by atoms with van der Waals surface area (Å²) in [6.45, 7) is 4.34. The number of rotatable bonds is 6. The van der Waals surface area contributed by atoms with E-state index in [1.165, 1.54) is 6.07 Å². The Labute approximate surface area is 188 Å². The number of nitrogens with one attached hydrogen (secondary N) is 1. The molecule has 2 aromatic carbocycles. The zero-order valence-corrected chi connectivity index (χ0v) is 17.6. The molecule has 3 aromatic rings. The molecule has 9 heteroatoms. The Morgan fingerprint density at radius 2 is 2.09 bits per heavy atom. The summed E-state index contributed by atoms with van der Waals surface area (Å²) in [5, 5.41) is 13.5. The maximum absolute atomic E-state index is 13.4. The van der Waals surface area contributed by atoms with Crippen LogP contribution in [0.1, 0.15) is 24.5 Å². The number of carbonyl (C=O) groups excluding carboxylic acids is 1. The minimum Gasteiger partial charge on any atom is -0.480 e. The topological polar surface area (TPSA) is 76.4 Å². The van der Waals surface area contributed by atoms with Crippen molar-refractivity contribution in [3.05, 3.63) is 83.4 Å². The highest BCUT2D eigenvalue weighted by molar-refractivity contribution is 6.30. The van der Waals surface area contributed by atoms with Crippen LogP contribution in [0.25, 0.3) is 11.3 Å². The van der Waals surface area contributed by atoms with E-state index in [-0.39, 0.29) is 6.42 Å². The van der Waals surface area contributed by atoms with Gasteiger partial charge in [0.2, 0.25) is 0 Å². The first-order chi connectivity index (χ1) is 15.3. The fourth-order valence-corrected chi connectivity index (χ4v) is 3.63. The van der Waals surface area contributed by atoms with Crippen LogP contribution in [-0.4, -0.2) is 26.7 Å². The molecule has 32 heavy (non-hydrogen) atoms. The number of imidazole rings is 1. The molecule has 2 atom stereocenters. The van der Waals surface area contributed by atoms with Crippen molar-refractivity contribution in [2.45, 2.75) is 31.6 Å². The van der Waals surface area contributed by atoms with Crippen LogP contribution in [0.15, 0.2) is 61.2 Å². The Morgan fingerprint density at radius 1 is 1.28 bits per heavy atom. The quantitative estimate of drug-likeness (QED) is 0.573. The standard InChI is InChI=1S/C23H20ClF2N3O3/c1-13(6-7-29-11-19(27-12-29)14-2-4-17(25)18(26)8-14)28-23(31)22-10-20(30)16-9-15(24)3-5-21(16)32-22/h2-5,8-9,11-12,20,22,30H,1,6-7,10H2,(H,28,31)/t20-,22-/m1/s1. The van der Waals surface area contributed by atoms with Crippen molar-refractivity contribution in [1.29, 1.82) is 0 Å². The van der Waals surface area contributed by atoms with E-state index >= 15 is 0 Å². The molecule has 0 unspecified atom stereocenters. The summed E-state index contributed by atoms with van der Waals surface area (Å²) < 4.78 is 34.0. The van der Waals surface area contributed by atoms with Crippen molar-refractivity contribution < 1.29 is 23.4 Å². The molecule has 0 radical (unpaired) electrons.